The Bertz CT molecular complexity index is 1030. The fourth-order valence-corrected chi connectivity index (χ4v) is 2.62. The van der Waals surface area contributed by atoms with Crippen LogP contribution in [0, 0.1) is 0 Å². The van der Waals surface area contributed by atoms with Gasteiger partial charge < -0.3 is 9.88 Å². The Morgan fingerprint density at radius 1 is 1.16 bits per heavy atom. The first-order chi connectivity index (χ1) is 12.0. The number of carbonyl (C=O) groups is 1. The number of hydrogen-bond acceptors (Lipinski definition) is 5. The summed E-state index contributed by atoms with van der Waals surface area (Å²) in [7, 11) is 2.94. The van der Waals surface area contributed by atoms with Gasteiger partial charge in [0.05, 0.1) is 6.33 Å². The van der Waals surface area contributed by atoms with E-state index in [0.29, 0.717) is 13.0 Å². The number of rotatable bonds is 5. The minimum atomic E-state index is -0.472. The van der Waals surface area contributed by atoms with E-state index in [1.807, 2.05) is 12.1 Å². The van der Waals surface area contributed by atoms with E-state index in [4.69, 9.17) is 0 Å². The molecule has 0 atom stereocenters. The second kappa shape index (κ2) is 6.71. The average Bonchev–Trinajstić information content (AvgIpc) is 3.02. The van der Waals surface area contributed by atoms with E-state index in [0.717, 1.165) is 10.1 Å². The molecule has 130 valence electrons. The third-order valence-corrected chi connectivity index (χ3v) is 4.02. The van der Waals surface area contributed by atoms with Crippen molar-refractivity contribution >= 4 is 17.1 Å². The quantitative estimate of drug-likeness (QED) is 0.653. The number of aryl methyl sites for hydroxylation is 1. The second-order valence-electron chi connectivity index (χ2n) is 5.71. The van der Waals surface area contributed by atoms with Crippen molar-refractivity contribution in [3.05, 3.63) is 57.3 Å². The molecule has 0 aliphatic rings. The lowest BCUT2D eigenvalue weighted by molar-refractivity contribution is -0.121. The summed E-state index contributed by atoms with van der Waals surface area (Å²) in [4.78, 5) is 44.4. The van der Waals surface area contributed by atoms with E-state index in [1.165, 1.54) is 29.6 Å². The summed E-state index contributed by atoms with van der Waals surface area (Å²) in [5, 5.41) is 2.81. The van der Waals surface area contributed by atoms with E-state index in [9.17, 15) is 14.4 Å². The molecule has 0 spiro atoms. The molecule has 0 aromatic carbocycles. The summed E-state index contributed by atoms with van der Waals surface area (Å²) in [6, 6.07) is 3.78. The van der Waals surface area contributed by atoms with Crippen LogP contribution in [0.3, 0.4) is 0 Å². The zero-order valence-electron chi connectivity index (χ0n) is 14.0. The number of aromatic nitrogens is 5. The van der Waals surface area contributed by atoms with Crippen LogP contribution in [0.5, 0.6) is 0 Å². The number of amides is 1. The van der Waals surface area contributed by atoms with E-state index in [2.05, 4.69) is 15.3 Å². The predicted octanol–water partition coefficient (Wildman–Crippen LogP) is -0.812. The van der Waals surface area contributed by atoms with Crippen LogP contribution in [-0.2, 0) is 31.9 Å². The maximum atomic E-state index is 12.3. The first kappa shape index (κ1) is 16.6. The number of imidazole rings is 1. The Hall–Kier alpha value is -3.23. The molecule has 0 saturated carbocycles. The number of nitrogens with zero attached hydrogens (tertiary/aromatic N) is 5. The van der Waals surface area contributed by atoms with Gasteiger partial charge >= 0.3 is 5.69 Å². The van der Waals surface area contributed by atoms with Gasteiger partial charge in [0.25, 0.3) is 5.56 Å². The summed E-state index contributed by atoms with van der Waals surface area (Å²) in [5.41, 5.74) is 0.642. The molecule has 9 nitrogen and oxygen atoms in total. The maximum Gasteiger partial charge on any atom is 0.332 e. The van der Waals surface area contributed by atoms with Crippen LogP contribution < -0.4 is 16.6 Å². The molecular formula is C16H18N6O3. The van der Waals surface area contributed by atoms with E-state index in [1.54, 1.807) is 12.4 Å². The van der Waals surface area contributed by atoms with Crippen molar-refractivity contribution in [1.82, 2.24) is 29.0 Å². The average molecular weight is 342 g/mol. The van der Waals surface area contributed by atoms with Crippen LogP contribution in [0.25, 0.3) is 11.2 Å². The number of nitrogens with one attached hydrogen (secondary N) is 1. The summed E-state index contributed by atoms with van der Waals surface area (Å²) >= 11 is 0. The molecule has 1 amide bonds. The van der Waals surface area contributed by atoms with Crippen molar-refractivity contribution in [3.8, 4) is 0 Å². The molecule has 0 bridgehead atoms. The van der Waals surface area contributed by atoms with Gasteiger partial charge in [-0.3, -0.25) is 23.7 Å². The van der Waals surface area contributed by atoms with Gasteiger partial charge in [0.2, 0.25) is 5.91 Å². The van der Waals surface area contributed by atoms with Gasteiger partial charge in [-0.15, -0.1) is 0 Å². The van der Waals surface area contributed by atoms with Gasteiger partial charge in [-0.2, -0.15) is 0 Å². The van der Waals surface area contributed by atoms with Crippen molar-refractivity contribution in [2.24, 2.45) is 14.1 Å². The normalized spacial score (nSPS) is 11.0. The lowest BCUT2D eigenvalue weighted by atomic mass is 10.2. The predicted molar refractivity (Wildman–Crippen MR) is 91.2 cm³/mol. The van der Waals surface area contributed by atoms with Crippen molar-refractivity contribution in [2.75, 3.05) is 6.54 Å². The van der Waals surface area contributed by atoms with Crippen LogP contribution in [0.1, 0.15) is 5.56 Å². The smallest absolute Gasteiger partial charge is 0.332 e. The number of hydrogen-bond donors (Lipinski definition) is 1. The van der Waals surface area contributed by atoms with E-state index in [-0.39, 0.29) is 23.6 Å². The third kappa shape index (κ3) is 3.21. The molecule has 3 aromatic heterocycles. The monoisotopic (exact) mass is 342 g/mol. The zero-order valence-corrected chi connectivity index (χ0v) is 14.0. The molecule has 0 aliphatic heterocycles. The fraction of sp³-hybridized carbons (Fsp3) is 0.312. The molecule has 9 heteroatoms. The summed E-state index contributed by atoms with van der Waals surface area (Å²) in [6.45, 7) is 0.437. The molecular weight excluding hydrogens is 324 g/mol. The standard InChI is InChI=1S/C16H18N6O3/c1-20-14-13(15(24)21(2)16(20)25)22(10-19-14)9-12(23)18-8-5-11-3-6-17-7-4-11/h3-4,6-7,10H,5,8-9H2,1-2H3,(H,18,23). The maximum absolute atomic E-state index is 12.3. The van der Waals surface area contributed by atoms with Gasteiger partial charge in [-0.1, -0.05) is 0 Å². The largest absolute Gasteiger partial charge is 0.354 e. The second-order valence-corrected chi connectivity index (χ2v) is 5.71. The van der Waals surface area contributed by atoms with Gasteiger partial charge in [0.1, 0.15) is 6.54 Å². The fourth-order valence-electron chi connectivity index (χ4n) is 2.62. The zero-order chi connectivity index (χ0) is 18.0. The molecule has 0 fully saturated rings. The number of fused-ring (bicyclic) bond motifs is 1. The summed E-state index contributed by atoms with van der Waals surface area (Å²) in [6.07, 6.45) is 5.49. The molecule has 0 saturated heterocycles. The lowest BCUT2D eigenvalue weighted by Gasteiger charge is -2.08. The van der Waals surface area contributed by atoms with E-state index >= 15 is 0 Å². The van der Waals surface area contributed by atoms with Crippen LogP contribution >= 0.6 is 0 Å². The minimum Gasteiger partial charge on any atom is -0.354 e. The van der Waals surface area contributed by atoms with Gasteiger partial charge in [-0.25, -0.2) is 9.78 Å². The SMILES string of the molecule is Cn1c(=O)c2c(ncn2CC(=O)NCCc2ccncc2)n(C)c1=O. The molecule has 3 heterocycles. The van der Waals surface area contributed by atoms with Gasteiger partial charge in [0.15, 0.2) is 11.2 Å². The molecule has 0 aliphatic carbocycles. The van der Waals surface area contributed by atoms with Crippen molar-refractivity contribution < 1.29 is 4.79 Å². The molecule has 3 rings (SSSR count). The first-order valence-electron chi connectivity index (χ1n) is 7.75. The van der Waals surface area contributed by atoms with Crippen LogP contribution in [-0.4, -0.2) is 36.1 Å². The summed E-state index contributed by atoms with van der Waals surface area (Å²) in [5.74, 6) is -0.232. The van der Waals surface area contributed by atoms with E-state index < -0.39 is 11.2 Å². The lowest BCUT2D eigenvalue weighted by Crippen LogP contribution is -2.38. The molecule has 0 radical (unpaired) electrons. The topological polar surface area (TPSA) is 104 Å². The highest BCUT2D eigenvalue weighted by Gasteiger charge is 2.15. The molecule has 0 unspecified atom stereocenters. The van der Waals surface area contributed by atoms with Crippen molar-refractivity contribution in [2.45, 2.75) is 13.0 Å². The minimum absolute atomic E-state index is 0.0414. The highest BCUT2D eigenvalue weighted by Crippen LogP contribution is 2.05. The Labute approximate surface area is 142 Å². The van der Waals surface area contributed by atoms with Gasteiger partial charge in [-0.05, 0) is 24.1 Å². The first-order valence-corrected chi connectivity index (χ1v) is 7.75. The van der Waals surface area contributed by atoms with Gasteiger partial charge in [0, 0.05) is 33.0 Å². The van der Waals surface area contributed by atoms with Crippen LogP contribution in [0.4, 0.5) is 0 Å². The van der Waals surface area contributed by atoms with Crippen LogP contribution in [0.2, 0.25) is 0 Å². The Kier molecular flexibility index (Phi) is 4.46. The molecule has 25 heavy (non-hydrogen) atoms. The highest BCUT2D eigenvalue weighted by molar-refractivity contribution is 5.78. The Morgan fingerprint density at radius 3 is 2.60 bits per heavy atom. The number of pyridine rings is 1. The Morgan fingerprint density at radius 2 is 1.88 bits per heavy atom. The van der Waals surface area contributed by atoms with Crippen LogP contribution in [0.15, 0.2) is 40.4 Å². The highest BCUT2D eigenvalue weighted by atomic mass is 16.2. The number of carbonyl (C=O) groups excluding carboxylic acids is 1. The summed E-state index contributed by atoms with van der Waals surface area (Å²) < 4.78 is 3.75. The molecule has 1 N–H and O–H groups in total. The molecule has 3 aromatic rings. The Balaban J connectivity index is 1.74. The van der Waals surface area contributed by atoms with Crippen molar-refractivity contribution in [3.63, 3.8) is 0 Å². The van der Waals surface area contributed by atoms with Crippen molar-refractivity contribution in [1.29, 1.82) is 0 Å². The third-order valence-electron chi connectivity index (χ3n) is 4.02.